The number of carbonyl (C=O) groups is 14. The zero-order chi connectivity index (χ0) is 65.9. The van der Waals surface area contributed by atoms with Gasteiger partial charge in [0.2, 0.25) is 0 Å². The highest BCUT2D eigenvalue weighted by Crippen LogP contribution is 2.28. The molecule has 0 saturated heterocycles. The number of hydrogen-bond donors (Lipinski definition) is 4. The molecule has 1 heterocycles. The number of aliphatic hydroxyl groups excluding tert-OH is 2. The Morgan fingerprint density at radius 3 is 0.953 bits per heavy atom. The number of carboxylic acid groups (broad SMARTS) is 2. The summed E-state index contributed by atoms with van der Waals surface area (Å²) in [6.45, 7) is 28.2. The lowest BCUT2D eigenvalue weighted by molar-refractivity contribution is -0.167. The molecule has 4 unspecified atom stereocenters. The van der Waals surface area contributed by atoms with Crippen molar-refractivity contribution in [3.05, 3.63) is 109 Å². The van der Waals surface area contributed by atoms with Gasteiger partial charge in [-0.05, 0) is 68.2 Å². The fraction of sp³-hybridized carbons (Fsp3) is 0.429. The highest BCUT2D eigenvalue weighted by atomic mass is 16.6. The number of carboxylic acids is 2. The molecule has 29 heteroatoms. The zero-order valence-electron chi connectivity index (χ0n) is 48.1. The van der Waals surface area contributed by atoms with E-state index in [0.717, 1.165) is 12.2 Å². The van der Waals surface area contributed by atoms with Crippen LogP contribution < -0.4 is 0 Å². The molecule has 0 aliphatic carbocycles. The minimum atomic E-state index is -1.43. The molecule has 4 atom stereocenters. The summed E-state index contributed by atoms with van der Waals surface area (Å²) in [4.78, 5) is 161. The van der Waals surface area contributed by atoms with E-state index in [-0.39, 0.29) is 59.5 Å². The quantitative estimate of drug-likeness (QED) is 0.0310. The molecule has 1 rings (SSSR count). The number of cyclic esters (lactones) is 2. The number of esters is 12. The van der Waals surface area contributed by atoms with Crippen molar-refractivity contribution in [3.8, 4) is 0 Å². The van der Waals surface area contributed by atoms with Gasteiger partial charge < -0.3 is 72.5 Å². The van der Waals surface area contributed by atoms with E-state index in [9.17, 15) is 77.3 Å². The predicted octanol–water partition coefficient (Wildman–Crippen LogP) is 2.02. The monoisotopic (exact) mass is 1210 g/mol. The molecular weight excluding hydrogens is 1140 g/mol. The van der Waals surface area contributed by atoms with Gasteiger partial charge in [-0.25, -0.2) is 57.5 Å². The van der Waals surface area contributed by atoms with E-state index >= 15 is 0 Å². The lowest BCUT2D eigenvalue weighted by Crippen LogP contribution is -2.35. The summed E-state index contributed by atoms with van der Waals surface area (Å²) in [5.74, 6) is -12.8. The predicted molar refractivity (Wildman–Crippen MR) is 288 cm³/mol. The first-order valence-corrected chi connectivity index (χ1v) is 24.6. The molecule has 4 N–H and O–H groups in total. The Bertz CT molecular complexity index is 2660. The molecule has 0 aromatic carbocycles. The van der Waals surface area contributed by atoms with Crippen LogP contribution in [0.5, 0.6) is 0 Å². The van der Waals surface area contributed by atoms with Crippen molar-refractivity contribution in [2.24, 2.45) is 10.8 Å². The first-order chi connectivity index (χ1) is 39.2. The minimum Gasteiger partial charge on any atom is -0.478 e. The van der Waals surface area contributed by atoms with Crippen LogP contribution in [0.1, 0.15) is 68.2 Å². The number of ether oxygens (including phenoxy) is 11. The van der Waals surface area contributed by atoms with Crippen molar-refractivity contribution in [3.63, 3.8) is 0 Å². The molecule has 0 amide bonds. The Labute approximate surface area is 487 Å². The Hall–Kier alpha value is -9.64. The molecular formula is C56H70O29. The van der Waals surface area contributed by atoms with E-state index in [0.29, 0.717) is 24.3 Å². The fourth-order valence-electron chi connectivity index (χ4n) is 5.12. The first kappa shape index (κ1) is 77.4. The lowest BCUT2D eigenvalue weighted by Gasteiger charge is -2.25. The summed E-state index contributed by atoms with van der Waals surface area (Å²) >= 11 is 0. The molecule has 0 saturated carbocycles. The normalized spacial score (nSPS) is 12.9. The second-order valence-electron chi connectivity index (χ2n) is 19.1. The molecule has 1 aliphatic heterocycles. The van der Waals surface area contributed by atoms with Crippen molar-refractivity contribution in [1.82, 2.24) is 0 Å². The van der Waals surface area contributed by atoms with Gasteiger partial charge in [0.15, 0.2) is 12.2 Å². The van der Waals surface area contributed by atoms with Crippen LogP contribution in [-0.4, -0.2) is 181 Å². The SMILES string of the molecule is C=C(C)C(=O)OCC(COC(=O)C(=C)CC(C)(C)C(=O)OCC(COC(=O)C(=C)C)OC(=O)/C=C/C(=O)O)OC(=O)/C=C/C(=O)O.C=C(C)C(=O)OCC(O)COC(=O)C(=C)CC(C)(C)C(=O)OCC(O)COC(=O)C(=C)C.O=C1C=CC(=O)O1. The molecule has 1 aliphatic rings. The van der Waals surface area contributed by atoms with Gasteiger partial charge in [0.05, 0.1) is 10.8 Å². The standard InChI is InChI=1S/C30H36O16.C22H32O10.C4H2O3/c1-17(2)26(37)41-13-20(45-24(35)10-8-22(31)32)15-43-28(39)19(5)12-30(6,7)29(40)44-16-21(14-42-27(38)18(3)4)46-25(36)11-9-23(33)34;1-13(2)18(25)29-9-16(23)11-31-20(27)15(5)8-22(6,7)21(28)32-12-17(24)10-30-19(26)14(3)4;5-3-1-2-4(6)7-3/h8-11,20-21H,1,3,5,12-16H2,2,4,6-7H3,(H,31,32)(H,33,34);16-17,23-24H,1,3,5,8-12H2,2,4,6-7H3;1-2H/b10-8+,11-9+;;. The Balaban J connectivity index is 0. The molecule has 0 aromatic rings. The van der Waals surface area contributed by atoms with E-state index in [1.165, 1.54) is 55.4 Å². The topological polar surface area (TPSA) is 421 Å². The lowest BCUT2D eigenvalue weighted by atomic mass is 9.86. The van der Waals surface area contributed by atoms with E-state index < -0.39 is 158 Å². The minimum absolute atomic E-state index is 0.0303. The summed E-state index contributed by atoms with van der Waals surface area (Å²) in [7, 11) is 0. The van der Waals surface area contributed by atoms with E-state index in [1.807, 2.05) is 0 Å². The molecule has 85 heavy (non-hydrogen) atoms. The number of hydrogen-bond acceptors (Lipinski definition) is 27. The van der Waals surface area contributed by atoms with Crippen LogP contribution in [0, 0.1) is 10.8 Å². The Morgan fingerprint density at radius 1 is 0.435 bits per heavy atom. The third-order valence-electron chi connectivity index (χ3n) is 9.46. The van der Waals surface area contributed by atoms with E-state index in [1.54, 1.807) is 0 Å². The van der Waals surface area contributed by atoms with Gasteiger partial charge in [0.1, 0.15) is 65.1 Å². The van der Waals surface area contributed by atoms with Gasteiger partial charge in [0, 0.05) is 69.9 Å². The van der Waals surface area contributed by atoms with Crippen LogP contribution in [0.15, 0.2) is 109 Å². The third kappa shape index (κ3) is 36.4. The first-order valence-electron chi connectivity index (χ1n) is 24.6. The molecule has 0 aromatic heterocycles. The van der Waals surface area contributed by atoms with Gasteiger partial charge >= 0.3 is 83.6 Å². The number of rotatable bonds is 34. The highest BCUT2D eigenvalue weighted by Gasteiger charge is 2.35. The molecule has 0 spiro atoms. The largest absolute Gasteiger partial charge is 0.478 e. The van der Waals surface area contributed by atoms with Crippen LogP contribution in [-0.2, 0) is 119 Å². The number of aliphatic hydroxyl groups is 2. The Kier molecular flexibility index (Phi) is 35.5. The summed E-state index contributed by atoms with van der Waals surface area (Å²) < 4.78 is 53.5. The van der Waals surface area contributed by atoms with E-state index in [2.05, 4.69) is 44.2 Å². The van der Waals surface area contributed by atoms with Gasteiger partial charge in [-0.3, -0.25) is 9.59 Å². The van der Waals surface area contributed by atoms with E-state index in [4.69, 9.17) is 57.6 Å². The van der Waals surface area contributed by atoms with Crippen molar-refractivity contribution in [1.29, 1.82) is 0 Å². The van der Waals surface area contributed by atoms with Crippen LogP contribution in [0.2, 0.25) is 0 Å². The number of carbonyl (C=O) groups excluding carboxylic acids is 12. The van der Waals surface area contributed by atoms with Crippen LogP contribution >= 0.6 is 0 Å². The van der Waals surface area contributed by atoms with Crippen LogP contribution in [0.3, 0.4) is 0 Å². The highest BCUT2D eigenvalue weighted by molar-refractivity contribution is 6.05. The van der Waals surface area contributed by atoms with Crippen molar-refractivity contribution in [2.45, 2.75) is 92.6 Å². The van der Waals surface area contributed by atoms with Gasteiger partial charge in [-0.15, -0.1) is 0 Å². The second-order valence-corrected chi connectivity index (χ2v) is 19.1. The fourth-order valence-corrected chi connectivity index (χ4v) is 5.12. The average Bonchev–Trinajstić information content (AvgIpc) is 3.92. The molecule has 0 fully saturated rings. The summed E-state index contributed by atoms with van der Waals surface area (Å²) in [5.41, 5.74) is -2.48. The zero-order valence-corrected chi connectivity index (χ0v) is 48.1. The summed E-state index contributed by atoms with van der Waals surface area (Å²) in [6, 6.07) is 0. The van der Waals surface area contributed by atoms with Gasteiger partial charge in [-0.2, -0.15) is 0 Å². The maximum absolute atomic E-state index is 12.8. The van der Waals surface area contributed by atoms with Crippen molar-refractivity contribution < 1.29 is 140 Å². The maximum atomic E-state index is 12.8. The van der Waals surface area contributed by atoms with Gasteiger partial charge in [-0.1, -0.05) is 39.5 Å². The molecule has 29 nitrogen and oxygen atoms in total. The summed E-state index contributed by atoms with van der Waals surface area (Å²) in [5, 5.41) is 36.8. The van der Waals surface area contributed by atoms with Crippen molar-refractivity contribution in [2.75, 3.05) is 52.9 Å². The van der Waals surface area contributed by atoms with Crippen LogP contribution in [0.25, 0.3) is 0 Å². The second kappa shape index (κ2) is 39.0. The maximum Gasteiger partial charge on any atom is 0.338 e. The number of aliphatic carboxylic acids is 2. The molecule has 468 valence electrons. The smallest absolute Gasteiger partial charge is 0.338 e. The van der Waals surface area contributed by atoms with Gasteiger partial charge in [0.25, 0.3) is 0 Å². The molecule has 0 radical (unpaired) electrons. The van der Waals surface area contributed by atoms with Crippen LogP contribution in [0.4, 0.5) is 0 Å². The van der Waals surface area contributed by atoms with Crippen molar-refractivity contribution >= 4 is 83.6 Å². The Morgan fingerprint density at radius 2 is 0.682 bits per heavy atom. The third-order valence-corrected chi connectivity index (χ3v) is 9.46. The average molecular weight is 1210 g/mol. The molecule has 0 bridgehead atoms. The summed E-state index contributed by atoms with van der Waals surface area (Å²) in [6.07, 6.45) is -1.23.